The molecule has 1 saturated heterocycles. The van der Waals surface area contributed by atoms with Gasteiger partial charge in [-0.1, -0.05) is 0 Å². The molecule has 0 unspecified atom stereocenters. The Kier molecular flexibility index (Phi) is 4.99. The van der Waals surface area contributed by atoms with Gasteiger partial charge in [0.25, 0.3) is 0 Å². The van der Waals surface area contributed by atoms with Crippen molar-refractivity contribution >= 4 is 11.8 Å². The lowest BCUT2D eigenvalue weighted by Crippen LogP contribution is -2.53. The third-order valence-electron chi connectivity index (χ3n) is 3.79. The molecule has 112 valence electrons. The highest BCUT2D eigenvalue weighted by Gasteiger charge is 2.24. The monoisotopic (exact) mass is 287 g/mol. The third-order valence-corrected chi connectivity index (χ3v) is 3.79. The van der Waals surface area contributed by atoms with E-state index < -0.39 is 0 Å². The number of carbonyl (C=O) groups is 1. The first-order valence-electron chi connectivity index (χ1n) is 7.34. The van der Waals surface area contributed by atoms with Gasteiger partial charge in [-0.3, -0.25) is 0 Å². The number of anilines is 1. The predicted octanol–water partition coefficient (Wildman–Crippen LogP) is 1.54. The lowest BCUT2D eigenvalue weighted by atomic mass is 10.2. The molecule has 1 aromatic heterocycles. The molecule has 1 fully saturated rings. The fourth-order valence-corrected chi connectivity index (χ4v) is 2.46. The highest BCUT2D eigenvalue weighted by atomic mass is 16.2. The number of hydrogen-bond acceptors (Lipinski definition) is 4. The predicted molar refractivity (Wildman–Crippen MR) is 81.1 cm³/mol. The molecule has 6 heteroatoms. The number of piperazine rings is 1. The highest BCUT2D eigenvalue weighted by molar-refractivity contribution is 5.74. The van der Waals surface area contributed by atoms with Crippen LogP contribution in [0.5, 0.6) is 0 Å². The summed E-state index contributed by atoms with van der Waals surface area (Å²) in [7, 11) is 0. The van der Waals surface area contributed by atoms with Crippen molar-refractivity contribution in [2.24, 2.45) is 0 Å². The van der Waals surface area contributed by atoms with Crippen LogP contribution in [0.3, 0.4) is 0 Å². The summed E-state index contributed by atoms with van der Waals surface area (Å²) in [4.78, 5) is 22.5. The number of hydrogen-bond donors (Lipinski definition) is 0. The fourth-order valence-electron chi connectivity index (χ4n) is 2.46. The molecule has 0 radical (unpaired) electrons. The van der Waals surface area contributed by atoms with E-state index in [4.69, 9.17) is 5.26 Å². The number of urea groups is 1. The summed E-state index contributed by atoms with van der Waals surface area (Å²) in [6.07, 6.45) is 1.59. The molecule has 0 aromatic carbocycles. The van der Waals surface area contributed by atoms with Crippen LogP contribution in [0.15, 0.2) is 18.3 Å². The second kappa shape index (κ2) is 6.93. The molecule has 2 amide bonds. The molecular formula is C15H21N5O. The number of nitrogens with zero attached hydrogens (tertiary/aromatic N) is 5. The number of amides is 2. The van der Waals surface area contributed by atoms with Crippen molar-refractivity contribution in [1.82, 2.24) is 14.8 Å². The van der Waals surface area contributed by atoms with Crippen LogP contribution in [0.1, 0.15) is 19.4 Å². The Bertz CT molecular complexity index is 510. The largest absolute Gasteiger partial charge is 0.353 e. The maximum atomic E-state index is 12.3. The van der Waals surface area contributed by atoms with Gasteiger partial charge < -0.3 is 14.7 Å². The minimum atomic E-state index is 0.118. The first-order valence-corrected chi connectivity index (χ1v) is 7.34. The summed E-state index contributed by atoms with van der Waals surface area (Å²) in [5.74, 6) is 0.865. The van der Waals surface area contributed by atoms with Gasteiger partial charge >= 0.3 is 6.03 Å². The van der Waals surface area contributed by atoms with Crippen LogP contribution in [0.2, 0.25) is 0 Å². The topological polar surface area (TPSA) is 63.5 Å². The number of aromatic nitrogens is 1. The summed E-state index contributed by atoms with van der Waals surface area (Å²) in [5, 5.41) is 8.78. The van der Waals surface area contributed by atoms with Crippen molar-refractivity contribution in [3.05, 3.63) is 23.9 Å². The molecule has 0 N–H and O–H groups in total. The Hall–Kier alpha value is -2.29. The van der Waals surface area contributed by atoms with E-state index in [0.29, 0.717) is 18.7 Å². The van der Waals surface area contributed by atoms with E-state index in [2.05, 4.69) is 16.0 Å². The molecule has 0 saturated carbocycles. The van der Waals surface area contributed by atoms with E-state index in [1.165, 1.54) is 0 Å². The maximum absolute atomic E-state index is 12.3. The van der Waals surface area contributed by atoms with Crippen LogP contribution < -0.4 is 4.90 Å². The minimum absolute atomic E-state index is 0.118. The summed E-state index contributed by atoms with van der Waals surface area (Å²) < 4.78 is 0. The fraction of sp³-hybridized carbons (Fsp3) is 0.533. The van der Waals surface area contributed by atoms with Crippen LogP contribution in [-0.2, 0) is 0 Å². The van der Waals surface area contributed by atoms with Crippen LogP contribution in [0, 0.1) is 11.3 Å². The molecular weight excluding hydrogens is 266 g/mol. The van der Waals surface area contributed by atoms with Crippen molar-refractivity contribution in [1.29, 1.82) is 5.26 Å². The van der Waals surface area contributed by atoms with Crippen molar-refractivity contribution in [2.75, 3.05) is 44.2 Å². The number of carbonyl (C=O) groups excluding carboxylic acids is 1. The van der Waals surface area contributed by atoms with E-state index >= 15 is 0 Å². The quantitative estimate of drug-likeness (QED) is 0.846. The van der Waals surface area contributed by atoms with Gasteiger partial charge in [0.15, 0.2) is 0 Å². The summed E-state index contributed by atoms with van der Waals surface area (Å²) in [5.41, 5.74) is 0.564. The Morgan fingerprint density at radius 3 is 2.43 bits per heavy atom. The molecule has 21 heavy (non-hydrogen) atoms. The van der Waals surface area contributed by atoms with Gasteiger partial charge in [-0.2, -0.15) is 5.26 Å². The molecule has 0 aliphatic carbocycles. The molecule has 0 atom stereocenters. The second-order valence-electron chi connectivity index (χ2n) is 4.95. The third kappa shape index (κ3) is 3.43. The van der Waals surface area contributed by atoms with Gasteiger partial charge in [0.05, 0.1) is 5.56 Å². The smallest absolute Gasteiger partial charge is 0.320 e. The van der Waals surface area contributed by atoms with E-state index in [9.17, 15) is 4.79 Å². The van der Waals surface area contributed by atoms with E-state index in [1.807, 2.05) is 29.7 Å². The van der Waals surface area contributed by atoms with Gasteiger partial charge in [-0.05, 0) is 26.0 Å². The van der Waals surface area contributed by atoms with Gasteiger partial charge in [-0.15, -0.1) is 0 Å². The maximum Gasteiger partial charge on any atom is 0.320 e. The van der Waals surface area contributed by atoms with Gasteiger partial charge in [0.1, 0.15) is 11.9 Å². The van der Waals surface area contributed by atoms with Crippen LogP contribution in [0.25, 0.3) is 0 Å². The van der Waals surface area contributed by atoms with Gasteiger partial charge in [0, 0.05) is 45.5 Å². The highest BCUT2D eigenvalue weighted by Crippen LogP contribution is 2.14. The average molecular weight is 287 g/mol. The van der Waals surface area contributed by atoms with Crippen molar-refractivity contribution in [3.63, 3.8) is 0 Å². The number of pyridine rings is 1. The first-order chi connectivity index (χ1) is 10.2. The summed E-state index contributed by atoms with van der Waals surface area (Å²) in [6, 6.07) is 5.82. The Balaban J connectivity index is 1.93. The number of rotatable bonds is 3. The van der Waals surface area contributed by atoms with Crippen molar-refractivity contribution in [2.45, 2.75) is 13.8 Å². The van der Waals surface area contributed by atoms with E-state index in [1.54, 1.807) is 12.3 Å². The zero-order chi connectivity index (χ0) is 15.2. The molecule has 1 aliphatic rings. The van der Waals surface area contributed by atoms with Crippen molar-refractivity contribution in [3.8, 4) is 6.07 Å². The molecule has 0 bridgehead atoms. The Morgan fingerprint density at radius 2 is 1.95 bits per heavy atom. The second-order valence-corrected chi connectivity index (χ2v) is 4.95. The SMILES string of the molecule is CCN(CC)C(=O)N1CCN(c2ccc(C#N)cn2)CC1. The molecule has 2 heterocycles. The Labute approximate surface area is 125 Å². The van der Waals surface area contributed by atoms with E-state index in [0.717, 1.165) is 32.0 Å². The van der Waals surface area contributed by atoms with Crippen LogP contribution in [0.4, 0.5) is 10.6 Å². The number of nitriles is 1. The van der Waals surface area contributed by atoms with Crippen LogP contribution >= 0.6 is 0 Å². The van der Waals surface area contributed by atoms with Crippen molar-refractivity contribution < 1.29 is 4.79 Å². The molecule has 1 aliphatic heterocycles. The minimum Gasteiger partial charge on any atom is -0.353 e. The molecule has 0 spiro atoms. The van der Waals surface area contributed by atoms with Crippen LogP contribution in [-0.4, -0.2) is 60.1 Å². The average Bonchev–Trinajstić information content (AvgIpc) is 2.56. The zero-order valence-corrected chi connectivity index (χ0v) is 12.6. The first kappa shape index (κ1) is 15.1. The summed E-state index contributed by atoms with van der Waals surface area (Å²) in [6.45, 7) is 8.43. The Morgan fingerprint density at radius 1 is 1.29 bits per heavy atom. The summed E-state index contributed by atoms with van der Waals surface area (Å²) >= 11 is 0. The lowest BCUT2D eigenvalue weighted by Gasteiger charge is -2.37. The molecule has 6 nitrogen and oxygen atoms in total. The van der Waals surface area contributed by atoms with E-state index in [-0.39, 0.29) is 6.03 Å². The van der Waals surface area contributed by atoms with Gasteiger partial charge in [0.2, 0.25) is 0 Å². The molecule has 1 aromatic rings. The lowest BCUT2D eigenvalue weighted by molar-refractivity contribution is 0.154. The molecule has 2 rings (SSSR count). The zero-order valence-electron chi connectivity index (χ0n) is 12.6. The normalized spacial score (nSPS) is 14.7. The van der Waals surface area contributed by atoms with Gasteiger partial charge in [-0.25, -0.2) is 9.78 Å². The standard InChI is InChI=1S/C15H21N5O/c1-3-18(4-2)15(21)20-9-7-19(8-10-20)14-6-5-13(11-16)12-17-14/h5-6,12H,3-4,7-10H2,1-2H3.